The second-order valence-corrected chi connectivity index (χ2v) is 13.6. The standard InChI is InChI=1S/C36H59N11O2/c48-26-10-21-39-34(49)15-6-7-22-46-24-16-30(17-25-46)41-35-32-13-4-5-14-33(32)42-36(43-35)40-27-31-28-47(45-44-31)23-9-19-37-18-8-20-38-29-11-2-1-3-12-29/h4-5,13-14,28-30,37-38,48H,1-3,6-12,15-27H2,(H,39,49)(H2,40,41,42,43). The summed E-state index contributed by atoms with van der Waals surface area (Å²) in [6.07, 6.45) is 16.2. The van der Waals surface area contributed by atoms with E-state index in [1.165, 1.54) is 38.5 Å². The van der Waals surface area contributed by atoms with Crippen LogP contribution < -0.4 is 26.6 Å². The minimum atomic E-state index is 0.0793. The maximum atomic E-state index is 11.9. The number of nitrogens with zero attached hydrogens (tertiary/aromatic N) is 6. The number of likely N-dealkylation sites (tertiary alicyclic amines) is 1. The summed E-state index contributed by atoms with van der Waals surface area (Å²) in [4.78, 5) is 24.0. The van der Waals surface area contributed by atoms with E-state index >= 15 is 0 Å². The Bertz CT molecular complexity index is 1370. The summed E-state index contributed by atoms with van der Waals surface area (Å²) in [7, 11) is 0. The van der Waals surface area contributed by atoms with Gasteiger partial charge < -0.3 is 36.6 Å². The fourth-order valence-corrected chi connectivity index (χ4v) is 6.79. The van der Waals surface area contributed by atoms with Gasteiger partial charge in [0.05, 0.1) is 18.3 Å². The molecule has 1 aliphatic carbocycles. The molecule has 1 saturated carbocycles. The molecule has 3 heterocycles. The minimum absolute atomic E-state index is 0.0793. The molecule has 1 aliphatic heterocycles. The zero-order valence-corrected chi connectivity index (χ0v) is 29.3. The number of para-hydroxylation sites is 1. The van der Waals surface area contributed by atoms with Gasteiger partial charge in [-0.2, -0.15) is 4.98 Å². The van der Waals surface area contributed by atoms with Crippen molar-refractivity contribution in [2.45, 2.75) is 109 Å². The number of carbonyl (C=O) groups is 1. The number of benzene rings is 1. The van der Waals surface area contributed by atoms with E-state index in [4.69, 9.17) is 15.1 Å². The van der Waals surface area contributed by atoms with Crippen molar-refractivity contribution in [3.8, 4) is 0 Å². The van der Waals surface area contributed by atoms with Crippen LogP contribution in [-0.4, -0.2) is 105 Å². The largest absolute Gasteiger partial charge is 0.396 e. The number of anilines is 2. The normalized spacial score (nSPS) is 16.3. The molecule has 0 bridgehead atoms. The van der Waals surface area contributed by atoms with Gasteiger partial charge in [-0.3, -0.25) is 9.48 Å². The van der Waals surface area contributed by atoms with Gasteiger partial charge in [-0.1, -0.05) is 36.6 Å². The molecule has 1 amide bonds. The summed E-state index contributed by atoms with van der Waals surface area (Å²) in [5.41, 5.74) is 1.77. The smallest absolute Gasteiger partial charge is 0.225 e. The predicted octanol–water partition coefficient (Wildman–Crippen LogP) is 3.67. The van der Waals surface area contributed by atoms with Crippen LogP contribution in [0.4, 0.5) is 11.8 Å². The molecule has 270 valence electrons. The Kier molecular flexibility index (Phi) is 15.8. The second-order valence-electron chi connectivity index (χ2n) is 13.6. The van der Waals surface area contributed by atoms with Crippen LogP contribution >= 0.6 is 0 Å². The Morgan fingerprint density at radius 1 is 0.857 bits per heavy atom. The van der Waals surface area contributed by atoms with Crippen LogP contribution in [0.1, 0.15) is 89.2 Å². The van der Waals surface area contributed by atoms with E-state index in [1.807, 2.05) is 29.1 Å². The highest BCUT2D eigenvalue weighted by molar-refractivity contribution is 5.90. The van der Waals surface area contributed by atoms with E-state index < -0.39 is 0 Å². The molecule has 2 aromatic heterocycles. The lowest BCUT2D eigenvalue weighted by Crippen LogP contribution is -2.39. The van der Waals surface area contributed by atoms with Crippen LogP contribution in [0.3, 0.4) is 0 Å². The number of hydrogen-bond donors (Lipinski definition) is 6. The quantitative estimate of drug-likeness (QED) is 0.0863. The molecule has 0 unspecified atom stereocenters. The van der Waals surface area contributed by atoms with Crippen LogP contribution in [-0.2, 0) is 17.9 Å². The number of aliphatic hydroxyl groups excluding tert-OH is 1. The molecule has 13 nitrogen and oxygen atoms in total. The van der Waals surface area contributed by atoms with Gasteiger partial charge in [0.1, 0.15) is 11.5 Å². The highest BCUT2D eigenvalue weighted by Gasteiger charge is 2.21. The molecule has 0 spiro atoms. The molecule has 13 heteroatoms. The zero-order valence-electron chi connectivity index (χ0n) is 29.3. The van der Waals surface area contributed by atoms with Crippen molar-refractivity contribution in [3.05, 3.63) is 36.2 Å². The number of rotatable bonds is 22. The van der Waals surface area contributed by atoms with Crippen molar-refractivity contribution in [2.24, 2.45) is 0 Å². The van der Waals surface area contributed by atoms with Gasteiger partial charge in [-0.05, 0) is 96.1 Å². The number of aryl methyl sites for hydroxylation is 1. The molecule has 6 N–H and O–H groups in total. The van der Waals surface area contributed by atoms with Gasteiger partial charge in [-0.15, -0.1) is 5.10 Å². The van der Waals surface area contributed by atoms with Crippen LogP contribution in [0, 0.1) is 0 Å². The molecule has 2 aliphatic rings. The van der Waals surface area contributed by atoms with Gasteiger partial charge in [0.15, 0.2) is 0 Å². The van der Waals surface area contributed by atoms with E-state index in [2.05, 4.69) is 47.9 Å². The zero-order chi connectivity index (χ0) is 33.9. The molecule has 49 heavy (non-hydrogen) atoms. The third-order valence-electron chi connectivity index (χ3n) is 9.64. The number of hydrogen-bond acceptors (Lipinski definition) is 11. The fourth-order valence-electron chi connectivity index (χ4n) is 6.79. The van der Waals surface area contributed by atoms with Crippen molar-refractivity contribution in [1.82, 2.24) is 45.8 Å². The van der Waals surface area contributed by atoms with E-state index in [0.717, 1.165) is 106 Å². The Hall–Kier alpha value is -3.39. The number of nitrogens with one attached hydrogen (secondary N) is 5. The molecular formula is C36H59N11O2. The number of unbranched alkanes of at least 4 members (excludes halogenated alkanes) is 1. The van der Waals surface area contributed by atoms with Crippen molar-refractivity contribution in [1.29, 1.82) is 0 Å². The van der Waals surface area contributed by atoms with Gasteiger partial charge in [0.2, 0.25) is 11.9 Å². The first-order valence-electron chi connectivity index (χ1n) is 18.9. The monoisotopic (exact) mass is 677 g/mol. The molecule has 0 radical (unpaired) electrons. The lowest BCUT2D eigenvalue weighted by molar-refractivity contribution is -0.121. The topological polar surface area (TPSA) is 157 Å². The molecule has 0 atom stereocenters. The molecule has 2 fully saturated rings. The van der Waals surface area contributed by atoms with Crippen molar-refractivity contribution in [3.63, 3.8) is 0 Å². The van der Waals surface area contributed by atoms with Crippen molar-refractivity contribution < 1.29 is 9.90 Å². The lowest BCUT2D eigenvalue weighted by Gasteiger charge is -2.32. The molecular weight excluding hydrogens is 618 g/mol. The first-order chi connectivity index (χ1) is 24.2. The Labute approximate surface area is 291 Å². The molecule has 1 saturated heterocycles. The van der Waals surface area contributed by atoms with Crippen LogP contribution in [0.2, 0.25) is 0 Å². The van der Waals surface area contributed by atoms with Gasteiger partial charge in [0.25, 0.3) is 0 Å². The maximum absolute atomic E-state index is 11.9. The number of fused-ring (bicyclic) bond motifs is 1. The Morgan fingerprint density at radius 2 is 1.69 bits per heavy atom. The summed E-state index contributed by atoms with van der Waals surface area (Å²) in [6.45, 7) is 8.20. The van der Waals surface area contributed by atoms with Gasteiger partial charge in [0, 0.05) is 56.7 Å². The third-order valence-corrected chi connectivity index (χ3v) is 9.64. The second kappa shape index (κ2) is 21.0. The van der Waals surface area contributed by atoms with Crippen LogP contribution in [0.25, 0.3) is 10.9 Å². The van der Waals surface area contributed by atoms with E-state index in [0.29, 0.717) is 37.9 Å². The first kappa shape index (κ1) is 36.9. The highest BCUT2D eigenvalue weighted by Crippen LogP contribution is 2.25. The minimum Gasteiger partial charge on any atom is -0.396 e. The lowest BCUT2D eigenvalue weighted by atomic mass is 9.95. The van der Waals surface area contributed by atoms with E-state index in [-0.39, 0.29) is 12.5 Å². The summed E-state index contributed by atoms with van der Waals surface area (Å²) in [5, 5.41) is 35.8. The Morgan fingerprint density at radius 3 is 2.55 bits per heavy atom. The number of carbonyl (C=O) groups excluding carboxylic acids is 1. The van der Waals surface area contributed by atoms with E-state index in [1.54, 1.807) is 0 Å². The van der Waals surface area contributed by atoms with Crippen molar-refractivity contribution in [2.75, 3.05) is 63.1 Å². The molecule has 1 aromatic carbocycles. The van der Waals surface area contributed by atoms with Crippen LogP contribution in [0.5, 0.6) is 0 Å². The van der Waals surface area contributed by atoms with Gasteiger partial charge >= 0.3 is 0 Å². The van der Waals surface area contributed by atoms with Crippen LogP contribution in [0.15, 0.2) is 30.5 Å². The maximum Gasteiger partial charge on any atom is 0.225 e. The van der Waals surface area contributed by atoms with E-state index in [9.17, 15) is 4.79 Å². The number of amides is 1. The number of aliphatic hydroxyl groups is 1. The Balaban J connectivity index is 0.991. The predicted molar refractivity (Wildman–Crippen MR) is 196 cm³/mol. The SMILES string of the molecule is O=C(CCCCN1CCC(Nc2nc(NCc3cn(CCCNCCCNC4CCCCC4)nn3)nc3ccccc23)CC1)NCCCO. The summed E-state index contributed by atoms with van der Waals surface area (Å²) >= 11 is 0. The summed E-state index contributed by atoms with van der Waals surface area (Å²) in [5.74, 6) is 1.52. The summed E-state index contributed by atoms with van der Waals surface area (Å²) in [6, 6.07) is 9.22. The first-order valence-corrected chi connectivity index (χ1v) is 18.9. The fraction of sp³-hybridized carbons (Fsp3) is 0.694. The number of piperidine rings is 1. The number of aromatic nitrogens is 5. The highest BCUT2D eigenvalue weighted by atomic mass is 16.3. The van der Waals surface area contributed by atoms with Gasteiger partial charge in [-0.25, -0.2) is 4.98 Å². The average Bonchev–Trinajstić information content (AvgIpc) is 3.59. The average molecular weight is 678 g/mol. The molecule has 5 rings (SSSR count). The van der Waals surface area contributed by atoms with Crippen molar-refractivity contribution >= 4 is 28.6 Å². The third kappa shape index (κ3) is 13.1. The molecule has 3 aromatic rings. The summed E-state index contributed by atoms with van der Waals surface area (Å²) < 4.78 is 1.92.